The standard InChI is InChI=1S/C10H10Cl3NO3/c11-3-1-2-4-17-10-8(12)5-7(14(15)16)6-9(10)13/h5-6H,1-4H2. The topological polar surface area (TPSA) is 52.4 Å². The summed E-state index contributed by atoms with van der Waals surface area (Å²) < 4.78 is 5.36. The highest BCUT2D eigenvalue weighted by Gasteiger charge is 2.15. The highest BCUT2D eigenvalue weighted by Crippen LogP contribution is 2.36. The van der Waals surface area contributed by atoms with Crippen molar-refractivity contribution in [1.29, 1.82) is 0 Å². The van der Waals surface area contributed by atoms with Crippen molar-refractivity contribution in [2.45, 2.75) is 12.8 Å². The van der Waals surface area contributed by atoms with Crippen molar-refractivity contribution in [3.8, 4) is 5.75 Å². The third kappa shape index (κ3) is 4.22. The van der Waals surface area contributed by atoms with Gasteiger partial charge in [-0.25, -0.2) is 0 Å². The summed E-state index contributed by atoms with van der Waals surface area (Å²) in [5, 5.41) is 10.8. The van der Waals surface area contributed by atoms with Gasteiger partial charge in [-0.15, -0.1) is 11.6 Å². The van der Waals surface area contributed by atoms with Crippen LogP contribution in [-0.4, -0.2) is 17.4 Å². The summed E-state index contributed by atoms with van der Waals surface area (Å²) in [4.78, 5) is 9.99. The number of halogens is 3. The molecule has 0 heterocycles. The zero-order valence-corrected chi connectivity index (χ0v) is 11.1. The number of rotatable bonds is 6. The van der Waals surface area contributed by atoms with E-state index in [9.17, 15) is 10.1 Å². The minimum absolute atomic E-state index is 0.134. The number of ether oxygens (including phenoxy) is 1. The summed E-state index contributed by atoms with van der Waals surface area (Å²) in [5.41, 5.74) is -0.159. The Hall–Kier alpha value is -0.710. The second-order valence-corrected chi connectivity index (χ2v) is 4.43. The maximum Gasteiger partial charge on any atom is 0.272 e. The van der Waals surface area contributed by atoms with Gasteiger partial charge < -0.3 is 4.74 Å². The predicted molar refractivity (Wildman–Crippen MR) is 68.6 cm³/mol. The molecule has 0 saturated heterocycles. The molecule has 1 rings (SSSR count). The first-order valence-corrected chi connectivity index (χ1v) is 6.17. The van der Waals surface area contributed by atoms with E-state index in [1.807, 2.05) is 0 Å². The quantitative estimate of drug-likeness (QED) is 0.340. The molecule has 94 valence electrons. The van der Waals surface area contributed by atoms with Crippen LogP contribution in [0.25, 0.3) is 0 Å². The normalized spacial score (nSPS) is 10.3. The van der Waals surface area contributed by atoms with E-state index in [0.717, 1.165) is 12.8 Å². The van der Waals surface area contributed by atoms with Crippen molar-refractivity contribution < 1.29 is 9.66 Å². The molecular weight excluding hydrogens is 288 g/mol. The SMILES string of the molecule is O=[N+]([O-])c1cc(Cl)c(OCCCCCl)c(Cl)c1. The van der Waals surface area contributed by atoms with Crippen molar-refractivity contribution in [2.75, 3.05) is 12.5 Å². The number of nitrogens with zero attached hydrogens (tertiary/aromatic N) is 1. The smallest absolute Gasteiger partial charge is 0.272 e. The number of hydrogen-bond acceptors (Lipinski definition) is 3. The molecule has 1 aromatic rings. The molecule has 1 aromatic carbocycles. The van der Waals surface area contributed by atoms with Crippen LogP contribution in [-0.2, 0) is 0 Å². The third-order valence-electron chi connectivity index (χ3n) is 1.97. The van der Waals surface area contributed by atoms with Gasteiger partial charge in [-0.1, -0.05) is 23.2 Å². The molecule has 17 heavy (non-hydrogen) atoms. The molecule has 0 fully saturated rings. The lowest BCUT2D eigenvalue weighted by Crippen LogP contribution is -1.99. The van der Waals surface area contributed by atoms with Gasteiger partial charge in [-0.3, -0.25) is 10.1 Å². The highest BCUT2D eigenvalue weighted by atomic mass is 35.5. The number of nitro groups is 1. The van der Waals surface area contributed by atoms with Crippen molar-refractivity contribution in [1.82, 2.24) is 0 Å². The Labute approximate surface area is 114 Å². The van der Waals surface area contributed by atoms with Gasteiger partial charge in [0.25, 0.3) is 5.69 Å². The van der Waals surface area contributed by atoms with Crippen LogP contribution >= 0.6 is 34.8 Å². The zero-order valence-electron chi connectivity index (χ0n) is 8.79. The Balaban J connectivity index is 2.76. The number of nitro benzene ring substituents is 1. The molecule has 0 aliphatic rings. The van der Waals surface area contributed by atoms with Crippen LogP contribution in [0.2, 0.25) is 10.0 Å². The summed E-state index contributed by atoms with van der Waals surface area (Å²) >= 11 is 17.2. The number of alkyl halides is 1. The maximum absolute atomic E-state index is 10.5. The summed E-state index contributed by atoms with van der Waals surface area (Å²) in [6.07, 6.45) is 1.59. The van der Waals surface area contributed by atoms with E-state index < -0.39 is 4.92 Å². The lowest BCUT2D eigenvalue weighted by Gasteiger charge is -2.09. The van der Waals surface area contributed by atoms with Gasteiger partial charge in [0.15, 0.2) is 5.75 Å². The largest absolute Gasteiger partial charge is 0.490 e. The molecule has 0 aliphatic carbocycles. The van der Waals surface area contributed by atoms with Gasteiger partial charge in [-0.2, -0.15) is 0 Å². The molecule has 7 heteroatoms. The van der Waals surface area contributed by atoms with Crippen LogP contribution in [0.15, 0.2) is 12.1 Å². The van der Waals surface area contributed by atoms with Gasteiger partial charge in [0.2, 0.25) is 0 Å². The lowest BCUT2D eigenvalue weighted by molar-refractivity contribution is -0.384. The fraction of sp³-hybridized carbons (Fsp3) is 0.400. The second-order valence-electron chi connectivity index (χ2n) is 3.24. The molecule has 0 aliphatic heterocycles. The van der Waals surface area contributed by atoms with Gasteiger partial charge in [0.1, 0.15) is 0 Å². The van der Waals surface area contributed by atoms with Crippen molar-refractivity contribution in [2.24, 2.45) is 0 Å². The molecule has 0 amide bonds. The van der Waals surface area contributed by atoms with E-state index >= 15 is 0 Å². The molecule has 0 unspecified atom stereocenters. The van der Waals surface area contributed by atoms with Crippen LogP contribution in [0, 0.1) is 10.1 Å². The Kier molecular flexibility index (Phi) is 5.82. The fourth-order valence-electron chi connectivity index (χ4n) is 1.16. The lowest BCUT2D eigenvalue weighted by atomic mass is 10.3. The highest BCUT2D eigenvalue weighted by molar-refractivity contribution is 6.37. The Morgan fingerprint density at radius 1 is 1.24 bits per heavy atom. The van der Waals surface area contributed by atoms with E-state index in [1.54, 1.807) is 0 Å². The number of hydrogen-bond donors (Lipinski definition) is 0. The molecule has 0 N–H and O–H groups in total. The summed E-state index contributed by atoms with van der Waals surface area (Å²) in [6.45, 7) is 0.421. The van der Waals surface area contributed by atoms with E-state index in [1.165, 1.54) is 12.1 Å². The minimum Gasteiger partial charge on any atom is -0.490 e. The molecule has 0 bridgehead atoms. The number of unbranched alkanes of at least 4 members (excludes halogenated alkanes) is 1. The van der Waals surface area contributed by atoms with E-state index in [0.29, 0.717) is 12.5 Å². The van der Waals surface area contributed by atoms with Gasteiger partial charge in [0, 0.05) is 18.0 Å². The van der Waals surface area contributed by atoms with E-state index in [-0.39, 0.29) is 21.5 Å². The Bertz CT molecular complexity index is 389. The van der Waals surface area contributed by atoms with Gasteiger partial charge >= 0.3 is 0 Å². The van der Waals surface area contributed by atoms with Gasteiger partial charge in [-0.05, 0) is 12.8 Å². The predicted octanol–water partition coefficient (Wildman–Crippen LogP) is 4.30. The fourth-order valence-corrected chi connectivity index (χ4v) is 1.93. The van der Waals surface area contributed by atoms with Crippen molar-refractivity contribution in [3.63, 3.8) is 0 Å². The van der Waals surface area contributed by atoms with E-state index in [4.69, 9.17) is 39.5 Å². The molecule has 0 atom stereocenters. The molecule has 0 saturated carbocycles. The summed E-state index contributed by atoms with van der Waals surface area (Å²) in [5.74, 6) is 0.832. The Morgan fingerprint density at radius 2 is 1.82 bits per heavy atom. The first-order chi connectivity index (χ1) is 8.06. The van der Waals surface area contributed by atoms with Crippen molar-refractivity contribution >= 4 is 40.5 Å². The van der Waals surface area contributed by atoms with Gasteiger partial charge in [0.05, 0.1) is 21.6 Å². The molecular formula is C10H10Cl3NO3. The summed E-state index contributed by atoms with van der Waals surface area (Å²) in [6, 6.07) is 2.43. The third-order valence-corrected chi connectivity index (χ3v) is 2.80. The summed E-state index contributed by atoms with van der Waals surface area (Å²) in [7, 11) is 0. The van der Waals surface area contributed by atoms with E-state index in [2.05, 4.69) is 0 Å². The molecule has 0 aromatic heterocycles. The van der Waals surface area contributed by atoms with Crippen LogP contribution in [0.4, 0.5) is 5.69 Å². The first-order valence-electron chi connectivity index (χ1n) is 4.88. The molecule has 0 spiro atoms. The second kappa shape index (κ2) is 6.89. The van der Waals surface area contributed by atoms with Crippen LogP contribution in [0.1, 0.15) is 12.8 Å². The van der Waals surface area contributed by atoms with Crippen LogP contribution in [0.3, 0.4) is 0 Å². The monoisotopic (exact) mass is 297 g/mol. The van der Waals surface area contributed by atoms with Crippen LogP contribution < -0.4 is 4.74 Å². The Morgan fingerprint density at radius 3 is 2.29 bits per heavy atom. The first kappa shape index (κ1) is 14.4. The number of benzene rings is 1. The maximum atomic E-state index is 10.5. The zero-order chi connectivity index (χ0) is 12.8. The number of non-ortho nitro benzene ring substituents is 1. The molecule has 4 nitrogen and oxygen atoms in total. The molecule has 0 radical (unpaired) electrons. The average Bonchev–Trinajstić information content (AvgIpc) is 2.26. The average molecular weight is 299 g/mol. The minimum atomic E-state index is -0.560. The van der Waals surface area contributed by atoms with Crippen molar-refractivity contribution in [3.05, 3.63) is 32.3 Å². The van der Waals surface area contributed by atoms with Crippen LogP contribution in [0.5, 0.6) is 5.75 Å².